The third kappa shape index (κ3) is 3.99. The second-order valence-corrected chi connectivity index (χ2v) is 6.80. The van der Waals surface area contributed by atoms with Gasteiger partial charge in [0.2, 0.25) is 17.6 Å². The molecule has 0 radical (unpaired) electrons. The van der Waals surface area contributed by atoms with Crippen molar-refractivity contribution in [1.29, 1.82) is 0 Å². The smallest absolute Gasteiger partial charge is 0.291 e. The van der Waals surface area contributed by atoms with Crippen LogP contribution in [-0.4, -0.2) is 63.6 Å². The Bertz CT molecular complexity index is 912. The molecule has 1 aliphatic heterocycles. The normalized spacial score (nSPS) is 16.1. The van der Waals surface area contributed by atoms with Crippen molar-refractivity contribution in [2.75, 3.05) is 20.1 Å². The number of carbonyl (C=O) groups excluding carboxylic acids is 3. The first-order valence-corrected chi connectivity index (χ1v) is 9.28. The molecule has 0 spiro atoms. The number of para-hydroxylation sites is 1. The zero-order valence-electron chi connectivity index (χ0n) is 15.6. The van der Waals surface area contributed by atoms with Gasteiger partial charge >= 0.3 is 0 Å². The van der Waals surface area contributed by atoms with E-state index < -0.39 is 11.9 Å². The zero-order valence-corrected chi connectivity index (χ0v) is 16.4. The highest BCUT2D eigenvalue weighted by molar-refractivity contribution is 6.32. The van der Waals surface area contributed by atoms with Crippen molar-refractivity contribution in [2.24, 2.45) is 0 Å². The average Bonchev–Trinajstić information content (AvgIpc) is 3.32. The summed E-state index contributed by atoms with van der Waals surface area (Å²) in [6.07, 6.45) is 1.36. The fourth-order valence-corrected chi connectivity index (χ4v) is 3.39. The topological polar surface area (TPSA) is 109 Å². The SMILES string of the molecule is CNC(=O)C1CCCN1C(=O)CNC(=O)c1nc(C)n(-c2ccccc2Cl)n1. The molecule has 3 rings (SSSR count). The van der Waals surface area contributed by atoms with Crippen LogP contribution >= 0.6 is 11.6 Å². The summed E-state index contributed by atoms with van der Waals surface area (Å²) in [7, 11) is 1.54. The molecule has 148 valence electrons. The van der Waals surface area contributed by atoms with Crippen LogP contribution in [-0.2, 0) is 9.59 Å². The Morgan fingerprint density at radius 3 is 2.75 bits per heavy atom. The van der Waals surface area contributed by atoms with Crippen LogP contribution in [0.1, 0.15) is 29.3 Å². The lowest BCUT2D eigenvalue weighted by Gasteiger charge is -2.23. The largest absolute Gasteiger partial charge is 0.357 e. The van der Waals surface area contributed by atoms with Crippen LogP contribution in [0, 0.1) is 6.92 Å². The van der Waals surface area contributed by atoms with Crippen molar-refractivity contribution in [3.8, 4) is 5.69 Å². The third-order valence-corrected chi connectivity index (χ3v) is 4.89. The van der Waals surface area contributed by atoms with Gasteiger partial charge in [-0.2, -0.15) is 0 Å². The lowest BCUT2D eigenvalue weighted by molar-refractivity contribution is -0.137. The fourth-order valence-electron chi connectivity index (χ4n) is 3.18. The molecular formula is C18H21ClN6O3. The Hall–Kier alpha value is -2.94. The average molecular weight is 405 g/mol. The Kier molecular flexibility index (Phi) is 5.93. The molecule has 0 bridgehead atoms. The Labute approximate surface area is 167 Å². The van der Waals surface area contributed by atoms with Crippen LogP contribution in [0.5, 0.6) is 0 Å². The van der Waals surface area contributed by atoms with Crippen LogP contribution in [0.3, 0.4) is 0 Å². The number of amides is 3. The van der Waals surface area contributed by atoms with E-state index in [9.17, 15) is 14.4 Å². The van der Waals surface area contributed by atoms with Gasteiger partial charge in [-0.1, -0.05) is 23.7 Å². The van der Waals surface area contributed by atoms with Crippen LogP contribution in [0.15, 0.2) is 24.3 Å². The Morgan fingerprint density at radius 1 is 1.29 bits per heavy atom. The van der Waals surface area contributed by atoms with Crippen LogP contribution < -0.4 is 10.6 Å². The van der Waals surface area contributed by atoms with Crippen LogP contribution in [0.25, 0.3) is 5.69 Å². The predicted octanol–water partition coefficient (Wildman–Crippen LogP) is 0.696. The summed E-state index contributed by atoms with van der Waals surface area (Å²) in [5.74, 6) is -0.661. The molecule has 1 aromatic heterocycles. The summed E-state index contributed by atoms with van der Waals surface area (Å²) in [5.41, 5.74) is 0.606. The van der Waals surface area contributed by atoms with Crippen molar-refractivity contribution in [2.45, 2.75) is 25.8 Å². The summed E-state index contributed by atoms with van der Waals surface area (Å²) >= 11 is 6.17. The molecule has 0 saturated carbocycles. The number of aromatic nitrogens is 3. The summed E-state index contributed by atoms with van der Waals surface area (Å²) in [6.45, 7) is 1.97. The lowest BCUT2D eigenvalue weighted by Crippen LogP contribution is -2.48. The van der Waals surface area contributed by atoms with Gasteiger partial charge in [-0.15, -0.1) is 5.10 Å². The molecule has 2 aromatic rings. The minimum absolute atomic E-state index is 0.0607. The molecule has 1 fully saturated rings. The molecule has 9 nitrogen and oxygen atoms in total. The minimum Gasteiger partial charge on any atom is -0.357 e. The van der Waals surface area contributed by atoms with E-state index in [1.54, 1.807) is 31.2 Å². The zero-order chi connectivity index (χ0) is 20.3. The molecular weight excluding hydrogens is 384 g/mol. The van der Waals surface area contributed by atoms with Gasteiger partial charge in [0, 0.05) is 13.6 Å². The second-order valence-electron chi connectivity index (χ2n) is 6.39. The molecule has 2 N–H and O–H groups in total. The van der Waals surface area contributed by atoms with Gasteiger partial charge in [0.1, 0.15) is 11.9 Å². The molecule has 0 aliphatic carbocycles. The van der Waals surface area contributed by atoms with E-state index in [-0.39, 0.29) is 24.2 Å². The molecule has 28 heavy (non-hydrogen) atoms. The first-order chi connectivity index (χ1) is 13.4. The maximum absolute atomic E-state index is 12.4. The minimum atomic E-state index is -0.571. The van der Waals surface area contributed by atoms with E-state index in [2.05, 4.69) is 20.7 Å². The van der Waals surface area contributed by atoms with Crippen molar-refractivity contribution < 1.29 is 14.4 Å². The number of hydrogen-bond donors (Lipinski definition) is 2. The van der Waals surface area contributed by atoms with Gasteiger partial charge in [-0.05, 0) is 31.9 Å². The number of hydrogen-bond acceptors (Lipinski definition) is 5. The standard InChI is InChI=1S/C18H21ClN6O3/c1-11-22-16(23-25(11)13-7-4-3-6-12(13)19)18(28)21-10-15(26)24-9-5-8-14(24)17(27)20-2/h3-4,6-7,14H,5,8-10H2,1-2H3,(H,20,27)(H,21,28). The fraction of sp³-hybridized carbons (Fsp3) is 0.389. The maximum atomic E-state index is 12.4. The number of carbonyl (C=O) groups is 3. The quantitative estimate of drug-likeness (QED) is 0.762. The first kappa shape index (κ1) is 19.8. The number of benzene rings is 1. The molecule has 1 atom stereocenters. The van der Waals surface area contributed by atoms with Gasteiger partial charge in [0.05, 0.1) is 17.3 Å². The molecule has 2 heterocycles. The van der Waals surface area contributed by atoms with Crippen LogP contribution in [0.2, 0.25) is 5.02 Å². The number of likely N-dealkylation sites (N-methyl/N-ethyl adjacent to an activating group) is 1. The Morgan fingerprint density at radius 2 is 2.04 bits per heavy atom. The highest BCUT2D eigenvalue weighted by Gasteiger charge is 2.33. The molecule has 10 heteroatoms. The maximum Gasteiger partial charge on any atom is 0.291 e. The Balaban J connectivity index is 1.66. The van der Waals surface area contributed by atoms with Gasteiger partial charge in [0.15, 0.2) is 0 Å². The van der Waals surface area contributed by atoms with E-state index in [0.717, 1.165) is 6.42 Å². The van der Waals surface area contributed by atoms with Crippen molar-refractivity contribution in [3.05, 3.63) is 40.9 Å². The number of aryl methyl sites for hydroxylation is 1. The van der Waals surface area contributed by atoms with E-state index in [1.165, 1.54) is 16.6 Å². The summed E-state index contributed by atoms with van der Waals surface area (Å²) in [4.78, 5) is 42.3. The van der Waals surface area contributed by atoms with Gasteiger partial charge in [-0.25, -0.2) is 9.67 Å². The molecule has 1 unspecified atom stereocenters. The van der Waals surface area contributed by atoms with Gasteiger partial charge < -0.3 is 15.5 Å². The highest BCUT2D eigenvalue weighted by Crippen LogP contribution is 2.20. The second kappa shape index (κ2) is 8.39. The number of likely N-dealkylation sites (tertiary alicyclic amines) is 1. The van der Waals surface area contributed by atoms with E-state index >= 15 is 0 Å². The summed E-state index contributed by atoms with van der Waals surface area (Å²) in [5, 5.41) is 9.76. The lowest BCUT2D eigenvalue weighted by atomic mass is 10.2. The van der Waals surface area contributed by atoms with Crippen molar-refractivity contribution >= 4 is 29.3 Å². The van der Waals surface area contributed by atoms with E-state index in [0.29, 0.717) is 29.5 Å². The summed E-state index contributed by atoms with van der Waals surface area (Å²) < 4.78 is 1.47. The van der Waals surface area contributed by atoms with Crippen LogP contribution in [0.4, 0.5) is 0 Å². The van der Waals surface area contributed by atoms with Gasteiger partial charge in [-0.3, -0.25) is 14.4 Å². The molecule has 1 saturated heterocycles. The number of nitrogens with zero attached hydrogens (tertiary/aromatic N) is 4. The highest BCUT2D eigenvalue weighted by atomic mass is 35.5. The predicted molar refractivity (Wildman–Crippen MR) is 102 cm³/mol. The third-order valence-electron chi connectivity index (χ3n) is 4.58. The van der Waals surface area contributed by atoms with E-state index in [4.69, 9.17) is 11.6 Å². The monoisotopic (exact) mass is 404 g/mol. The number of rotatable bonds is 5. The van der Waals surface area contributed by atoms with E-state index in [1.807, 2.05) is 0 Å². The number of halogens is 1. The summed E-state index contributed by atoms with van der Waals surface area (Å²) in [6, 6.07) is 6.59. The van der Waals surface area contributed by atoms with Crippen molar-refractivity contribution in [3.63, 3.8) is 0 Å². The van der Waals surface area contributed by atoms with Crippen molar-refractivity contribution in [1.82, 2.24) is 30.3 Å². The molecule has 1 aromatic carbocycles. The van der Waals surface area contributed by atoms with Gasteiger partial charge in [0.25, 0.3) is 5.91 Å². The molecule has 3 amide bonds. The first-order valence-electron chi connectivity index (χ1n) is 8.90. The molecule has 1 aliphatic rings. The number of nitrogens with one attached hydrogen (secondary N) is 2.